The lowest BCUT2D eigenvalue weighted by Crippen LogP contribution is -2.09. The van der Waals surface area contributed by atoms with Crippen LogP contribution < -0.4 is 4.90 Å². The summed E-state index contributed by atoms with van der Waals surface area (Å²) in [4.78, 5) is 16.3. The number of nitrogens with zero attached hydrogens (tertiary/aromatic N) is 4. The molecule has 6 heteroatoms. The highest BCUT2D eigenvalue weighted by Crippen LogP contribution is 2.39. The number of para-hydroxylation sites is 2. The molecule has 0 aliphatic rings. The Morgan fingerprint density at radius 3 is 1.45 bits per heavy atom. The predicted molar refractivity (Wildman–Crippen MR) is 199 cm³/mol. The minimum Gasteiger partial charge on any atom is -0.311 e. The van der Waals surface area contributed by atoms with Crippen molar-refractivity contribution in [3.63, 3.8) is 0 Å². The summed E-state index contributed by atoms with van der Waals surface area (Å²) in [6.07, 6.45) is 3.75. The topological polar surface area (TPSA) is 41.9 Å². The highest BCUT2D eigenvalue weighted by Gasteiger charge is 2.15. The van der Waals surface area contributed by atoms with Gasteiger partial charge in [-0.05, 0) is 114 Å². The number of aromatic nitrogens is 3. The first-order valence-electron chi connectivity index (χ1n) is 15.4. The third-order valence-corrected chi connectivity index (χ3v) is 10.6. The van der Waals surface area contributed by atoms with Crippen molar-refractivity contribution >= 4 is 70.9 Å². The molecule has 3 aromatic heterocycles. The molecule has 0 bridgehead atoms. The lowest BCUT2D eigenvalue weighted by atomic mass is 10.0. The molecule has 0 N–H and O–H groups in total. The van der Waals surface area contributed by atoms with Gasteiger partial charge in [0.1, 0.15) is 10.0 Å². The standard InChI is InChI=1S/C41H26N4S2/c1-3-7-38-36(5-1)43-40(46-38)28-13-19-34(20-14-28)45(35-21-15-29(16-22-35)41-44-37-6-2-4-8-39(37)47-41)33-17-11-27(12-18-33)30-9-10-32-26-42-24-23-31(32)25-30/h1-26H. The number of anilines is 3. The zero-order valence-electron chi connectivity index (χ0n) is 25.1. The normalized spacial score (nSPS) is 11.4. The molecule has 4 nitrogen and oxygen atoms in total. The quantitative estimate of drug-likeness (QED) is 0.182. The summed E-state index contributed by atoms with van der Waals surface area (Å²) in [5.41, 5.74) is 9.89. The Labute approximate surface area is 279 Å². The van der Waals surface area contributed by atoms with Crippen LogP contribution in [0.1, 0.15) is 0 Å². The molecule has 0 radical (unpaired) electrons. The second-order valence-electron chi connectivity index (χ2n) is 11.4. The highest BCUT2D eigenvalue weighted by molar-refractivity contribution is 7.22. The van der Waals surface area contributed by atoms with Crippen molar-refractivity contribution in [1.82, 2.24) is 15.0 Å². The van der Waals surface area contributed by atoms with Gasteiger partial charge in [-0.15, -0.1) is 22.7 Å². The van der Waals surface area contributed by atoms with Gasteiger partial charge in [-0.2, -0.15) is 0 Å². The fourth-order valence-corrected chi connectivity index (χ4v) is 7.95. The third kappa shape index (κ3) is 5.23. The van der Waals surface area contributed by atoms with E-state index in [0.29, 0.717) is 0 Å². The fourth-order valence-electron chi connectivity index (χ4n) is 6.01. The largest absolute Gasteiger partial charge is 0.311 e. The molecule has 9 aromatic rings. The lowest BCUT2D eigenvalue weighted by molar-refractivity contribution is 1.28. The number of rotatable bonds is 6. The minimum absolute atomic E-state index is 1.03. The Morgan fingerprint density at radius 2 is 0.915 bits per heavy atom. The molecular weight excluding hydrogens is 613 g/mol. The van der Waals surface area contributed by atoms with Crippen molar-refractivity contribution in [3.05, 3.63) is 158 Å². The first-order valence-corrected chi connectivity index (χ1v) is 17.0. The van der Waals surface area contributed by atoms with Crippen molar-refractivity contribution in [1.29, 1.82) is 0 Å². The van der Waals surface area contributed by atoms with Gasteiger partial charge in [-0.1, -0.05) is 48.5 Å². The molecule has 0 fully saturated rings. The molecule has 222 valence electrons. The molecule has 0 aliphatic carbocycles. The highest BCUT2D eigenvalue weighted by atomic mass is 32.1. The number of pyridine rings is 1. The lowest BCUT2D eigenvalue weighted by Gasteiger charge is -2.26. The number of hydrogen-bond donors (Lipinski definition) is 0. The third-order valence-electron chi connectivity index (χ3n) is 8.43. The number of hydrogen-bond acceptors (Lipinski definition) is 6. The van der Waals surface area contributed by atoms with E-state index in [0.717, 1.165) is 54.6 Å². The average molecular weight is 639 g/mol. The first-order chi connectivity index (χ1) is 23.2. The Morgan fingerprint density at radius 1 is 0.426 bits per heavy atom. The second kappa shape index (κ2) is 11.6. The molecule has 0 unspecified atom stereocenters. The van der Waals surface area contributed by atoms with E-state index in [2.05, 4.69) is 143 Å². The van der Waals surface area contributed by atoms with Crippen LogP contribution in [0.25, 0.3) is 63.5 Å². The summed E-state index contributed by atoms with van der Waals surface area (Å²) in [5, 5.41) is 4.38. The van der Waals surface area contributed by atoms with E-state index >= 15 is 0 Å². The molecule has 6 aromatic carbocycles. The minimum atomic E-state index is 1.03. The van der Waals surface area contributed by atoms with E-state index in [1.165, 1.54) is 25.9 Å². The van der Waals surface area contributed by atoms with Crippen molar-refractivity contribution < 1.29 is 0 Å². The number of thiazole rings is 2. The van der Waals surface area contributed by atoms with Gasteiger partial charge in [-0.3, -0.25) is 4.98 Å². The Hall–Kier alpha value is -5.69. The van der Waals surface area contributed by atoms with Crippen molar-refractivity contribution in [3.8, 4) is 32.3 Å². The van der Waals surface area contributed by atoms with Gasteiger partial charge >= 0.3 is 0 Å². The maximum Gasteiger partial charge on any atom is 0.124 e. The van der Waals surface area contributed by atoms with Crippen LogP contribution in [-0.4, -0.2) is 15.0 Å². The molecule has 47 heavy (non-hydrogen) atoms. The van der Waals surface area contributed by atoms with Gasteiger partial charge in [-0.25, -0.2) is 9.97 Å². The smallest absolute Gasteiger partial charge is 0.124 e. The maximum atomic E-state index is 4.88. The number of fused-ring (bicyclic) bond motifs is 3. The molecule has 3 heterocycles. The van der Waals surface area contributed by atoms with Gasteiger partial charge in [0.2, 0.25) is 0 Å². The predicted octanol–water partition coefficient (Wildman–Crippen LogP) is 11.9. The van der Waals surface area contributed by atoms with Crippen molar-refractivity contribution in [2.75, 3.05) is 4.90 Å². The van der Waals surface area contributed by atoms with Crippen LogP contribution in [0.15, 0.2) is 158 Å². The molecule has 0 saturated carbocycles. The van der Waals surface area contributed by atoms with Crippen molar-refractivity contribution in [2.45, 2.75) is 0 Å². The summed E-state index contributed by atoms with van der Waals surface area (Å²) in [6, 6.07) is 51.5. The van der Waals surface area contributed by atoms with E-state index in [4.69, 9.17) is 9.97 Å². The molecule has 0 aliphatic heterocycles. The van der Waals surface area contributed by atoms with Gasteiger partial charge in [0.05, 0.1) is 20.4 Å². The zero-order valence-corrected chi connectivity index (χ0v) is 26.7. The summed E-state index contributed by atoms with van der Waals surface area (Å²) in [6.45, 7) is 0. The van der Waals surface area contributed by atoms with Crippen LogP contribution in [0.3, 0.4) is 0 Å². The van der Waals surface area contributed by atoms with Crippen LogP contribution in [-0.2, 0) is 0 Å². The second-order valence-corrected chi connectivity index (χ2v) is 13.4. The average Bonchev–Trinajstić information content (AvgIpc) is 3.78. The molecule has 0 amide bonds. The maximum absolute atomic E-state index is 4.88. The Bertz CT molecular complexity index is 2330. The van der Waals surface area contributed by atoms with Gasteiger partial charge < -0.3 is 4.90 Å². The van der Waals surface area contributed by atoms with E-state index in [1.54, 1.807) is 22.7 Å². The summed E-state index contributed by atoms with van der Waals surface area (Å²) in [7, 11) is 0. The van der Waals surface area contributed by atoms with Crippen LogP contribution in [0.4, 0.5) is 17.1 Å². The summed E-state index contributed by atoms with van der Waals surface area (Å²) >= 11 is 3.45. The summed E-state index contributed by atoms with van der Waals surface area (Å²) < 4.78 is 2.40. The van der Waals surface area contributed by atoms with E-state index in [-0.39, 0.29) is 0 Å². The Kier molecular flexibility index (Phi) is 6.81. The zero-order chi connectivity index (χ0) is 31.2. The SMILES string of the molecule is c1ccc2sc(-c3ccc(N(c4ccc(-c5ccc6cnccc6c5)cc4)c4ccc(-c5nc6ccccc6s5)cc4)cc3)nc2c1. The van der Waals surface area contributed by atoms with Gasteiger partial charge in [0.15, 0.2) is 0 Å². The Balaban J connectivity index is 1.09. The van der Waals surface area contributed by atoms with E-state index in [1.807, 2.05) is 24.5 Å². The molecule has 0 spiro atoms. The molecular formula is C41H26N4S2. The van der Waals surface area contributed by atoms with Crippen LogP contribution in [0, 0.1) is 0 Å². The molecule has 0 saturated heterocycles. The van der Waals surface area contributed by atoms with Gasteiger partial charge in [0, 0.05) is 46.0 Å². The number of benzene rings is 6. The van der Waals surface area contributed by atoms with Crippen molar-refractivity contribution in [2.24, 2.45) is 0 Å². The van der Waals surface area contributed by atoms with E-state index in [9.17, 15) is 0 Å². The van der Waals surface area contributed by atoms with E-state index < -0.39 is 0 Å². The molecule has 0 atom stereocenters. The van der Waals surface area contributed by atoms with Crippen LogP contribution in [0.5, 0.6) is 0 Å². The summed E-state index contributed by atoms with van der Waals surface area (Å²) in [5.74, 6) is 0. The fraction of sp³-hybridized carbons (Fsp3) is 0. The van der Waals surface area contributed by atoms with Crippen LogP contribution in [0.2, 0.25) is 0 Å². The van der Waals surface area contributed by atoms with Gasteiger partial charge in [0.25, 0.3) is 0 Å². The monoisotopic (exact) mass is 638 g/mol. The first kappa shape index (κ1) is 27.6. The van der Waals surface area contributed by atoms with Crippen LogP contribution >= 0.6 is 22.7 Å². The molecule has 9 rings (SSSR count).